The second-order valence-corrected chi connectivity index (χ2v) is 48.3. The van der Waals surface area contributed by atoms with Crippen LogP contribution in [0.25, 0.3) is 0 Å². The maximum absolute atomic E-state index is 9.90. The molecule has 19 heteroatoms. The predicted octanol–water partition coefficient (Wildman–Crippen LogP) is 16.1. The van der Waals surface area contributed by atoms with Gasteiger partial charge in [0.05, 0.1) is 0 Å². The topological polar surface area (TPSA) is 97.6 Å². The third kappa shape index (κ3) is 51.2. The van der Waals surface area contributed by atoms with E-state index in [-0.39, 0.29) is 29.7 Å². The fourth-order valence-electron chi connectivity index (χ4n) is 7.94. The molecule has 59 heavy (non-hydrogen) atoms. The summed E-state index contributed by atoms with van der Waals surface area (Å²) in [5, 5.41) is 0. The van der Waals surface area contributed by atoms with Gasteiger partial charge in [0, 0.05) is 6.61 Å². The van der Waals surface area contributed by atoms with Crippen molar-refractivity contribution in [2.75, 3.05) is 6.61 Å². The molecule has 0 amide bonds. The van der Waals surface area contributed by atoms with E-state index in [1.165, 1.54) is 103 Å². The Balaban J connectivity index is -0.000000114. The second kappa shape index (κ2) is 41.0. The first-order chi connectivity index (χ1) is 25.0. The molecule has 0 unspecified atom stereocenters. The van der Waals surface area contributed by atoms with Crippen LogP contribution < -0.4 is 0 Å². The van der Waals surface area contributed by atoms with Gasteiger partial charge in [-0.2, -0.15) is 0 Å². The molecule has 0 heterocycles. The fraction of sp³-hybridized carbons (Fsp3) is 0.900. The minimum absolute atomic E-state index is 0. The monoisotopic (exact) mass is 1180 g/mol. The summed E-state index contributed by atoms with van der Waals surface area (Å²) in [6.07, 6.45) is 23.0. The average Bonchev–Trinajstić information content (AvgIpc) is 3.81. The van der Waals surface area contributed by atoms with Crippen molar-refractivity contribution in [2.24, 2.45) is 11.8 Å². The zero-order chi connectivity index (χ0) is 43.6. The van der Waals surface area contributed by atoms with E-state index in [4.69, 9.17) is 60.4 Å². The van der Waals surface area contributed by atoms with Crippen LogP contribution in [-0.4, -0.2) is 71.9 Å². The number of hydrogen-bond donors (Lipinski definition) is 3. The van der Waals surface area contributed by atoms with Gasteiger partial charge in [0.1, 0.15) is 0 Å². The van der Waals surface area contributed by atoms with E-state index in [0.717, 1.165) is 29.5 Å². The Hall–Kier alpha value is 3.95. The molecule has 3 N–H and O–H groups in total. The first kappa shape index (κ1) is 77.2. The fourth-order valence-corrected chi connectivity index (χ4v) is 28.5. The third-order valence-electron chi connectivity index (χ3n) is 9.98. The van der Waals surface area contributed by atoms with Crippen LogP contribution in [0.1, 0.15) is 124 Å². The minimum atomic E-state index is -2.48. The van der Waals surface area contributed by atoms with Crippen LogP contribution in [0.3, 0.4) is 0 Å². The molecule has 360 valence electrons. The van der Waals surface area contributed by atoms with Crippen molar-refractivity contribution in [3.63, 3.8) is 0 Å². The molecule has 0 atom stereocenters. The van der Waals surface area contributed by atoms with E-state index >= 15 is 0 Å². The van der Waals surface area contributed by atoms with Gasteiger partial charge in [-0.1, -0.05) is 117 Å². The summed E-state index contributed by atoms with van der Waals surface area (Å²) in [6.45, 7) is 31.4. The Morgan fingerprint density at radius 3 is 0.864 bits per heavy atom. The molecule has 7 nitrogen and oxygen atoms in total. The van der Waals surface area contributed by atoms with Gasteiger partial charge < -0.3 is 60.9 Å². The molecule has 0 bridgehead atoms. The van der Waals surface area contributed by atoms with Crippen LogP contribution in [-0.2, 0) is 58.5 Å². The zero-order valence-electron chi connectivity index (χ0n) is 41.8. The molecule has 4 saturated carbocycles. The standard InChI is InChI=1S/C11H28O3Si3.C9H20OSi.2C6H12.C4H14O3Si2.4CH3.4ClH.2Zr/c1-15(2,11-9-7-8-10-11)13-17(5,6)14-16(3,4)12;1-4-10-11(2,3)9-7-5-6-8-9;2*1-6-4-2-3-5-6;1-8(2,5)7-9(3,4)6;;;;;;;;;;/h11-12H,7-10H2,1-6H3;9H,4-8H2,1-3H3;2*6H,2-5H2,1H3;5-6H,1-4H3;4*1H3;4*1H;;/q;;;;;4*-1;;;;;2*+4/p-4. The van der Waals surface area contributed by atoms with E-state index in [0.29, 0.717) is 0 Å². The molecule has 4 fully saturated rings. The molecule has 4 aliphatic carbocycles. The Kier molecular flexibility index (Phi) is 53.6. The maximum atomic E-state index is 9.90. The van der Waals surface area contributed by atoms with Crippen molar-refractivity contribution in [1.29, 1.82) is 0 Å². The van der Waals surface area contributed by atoms with Crippen LogP contribution >= 0.6 is 34.1 Å². The molecule has 4 rings (SSSR count). The van der Waals surface area contributed by atoms with Crippen LogP contribution in [0.2, 0.25) is 89.6 Å². The summed E-state index contributed by atoms with van der Waals surface area (Å²) in [5.74, 6) is 2.09. The molecule has 0 aromatic rings. The van der Waals surface area contributed by atoms with Gasteiger partial charge in [-0.3, -0.25) is 0 Å². The quantitative estimate of drug-likeness (QED) is 0.148. The van der Waals surface area contributed by atoms with Crippen molar-refractivity contribution >= 4 is 84.9 Å². The summed E-state index contributed by atoms with van der Waals surface area (Å²) in [5.41, 5.74) is 1.73. The van der Waals surface area contributed by atoms with Gasteiger partial charge in [0.15, 0.2) is 16.6 Å². The second-order valence-electron chi connectivity index (χ2n) is 18.6. The van der Waals surface area contributed by atoms with Gasteiger partial charge in [0.25, 0.3) is 0 Å². The molecular weight excluding hydrogens is 1090 g/mol. The number of rotatable bonds is 10. The normalized spacial score (nSPS) is 17.3. The van der Waals surface area contributed by atoms with Crippen molar-refractivity contribution in [3.8, 4) is 0 Å². The number of hydrogen-bond acceptors (Lipinski definition) is 7. The summed E-state index contributed by atoms with van der Waals surface area (Å²) in [4.78, 5) is 28.2. The van der Waals surface area contributed by atoms with E-state index < -0.39 is 92.6 Å². The van der Waals surface area contributed by atoms with E-state index in [1.807, 2.05) is 13.1 Å². The van der Waals surface area contributed by atoms with Crippen molar-refractivity contribution in [3.05, 3.63) is 29.7 Å². The van der Waals surface area contributed by atoms with E-state index in [2.05, 4.69) is 60.1 Å². The van der Waals surface area contributed by atoms with Crippen LogP contribution in [0, 0.1) is 41.5 Å². The molecule has 0 saturated heterocycles. The number of halogens is 4. The molecule has 0 aliphatic heterocycles. The van der Waals surface area contributed by atoms with Gasteiger partial charge in [-0.05, 0) is 108 Å². The van der Waals surface area contributed by atoms with E-state index in [9.17, 15) is 4.80 Å². The molecule has 0 aromatic carbocycles. The first-order valence-corrected chi connectivity index (χ1v) is 50.9. The molecular formula is C40H98Cl4O7Si6Zr2. The molecule has 0 spiro atoms. The summed E-state index contributed by atoms with van der Waals surface area (Å²) < 4.78 is 23.1. The Morgan fingerprint density at radius 2 is 0.678 bits per heavy atom. The van der Waals surface area contributed by atoms with Gasteiger partial charge >= 0.3 is 110 Å². The molecule has 0 aromatic heterocycles. The van der Waals surface area contributed by atoms with Crippen molar-refractivity contribution in [1.82, 2.24) is 0 Å². The van der Waals surface area contributed by atoms with Crippen LogP contribution in [0.5, 0.6) is 0 Å². The van der Waals surface area contributed by atoms with Gasteiger partial charge in [-0.15, -0.1) is 0 Å². The summed E-state index contributed by atoms with van der Waals surface area (Å²) in [7, 11) is 7.20. The summed E-state index contributed by atoms with van der Waals surface area (Å²) in [6, 6.07) is 0. The Morgan fingerprint density at radius 1 is 0.441 bits per heavy atom. The van der Waals surface area contributed by atoms with Crippen molar-refractivity contribution in [2.45, 2.75) is 213 Å². The zero-order valence-corrected chi connectivity index (χ0v) is 55.8. The predicted molar refractivity (Wildman–Crippen MR) is 275 cm³/mol. The van der Waals surface area contributed by atoms with Gasteiger partial charge in [0.2, 0.25) is 0 Å². The third-order valence-corrected chi connectivity index (χ3v) is 28.1. The van der Waals surface area contributed by atoms with Crippen molar-refractivity contribution < 1.29 is 72.9 Å². The molecule has 0 radical (unpaired) electrons. The van der Waals surface area contributed by atoms with Crippen LogP contribution in [0.15, 0.2) is 0 Å². The van der Waals surface area contributed by atoms with Gasteiger partial charge in [-0.25, -0.2) is 0 Å². The Labute approximate surface area is 414 Å². The average molecular weight is 1180 g/mol. The Bertz CT molecular complexity index is 870. The van der Waals surface area contributed by atoms with Crippen LogP contribution in [0.4, 0.5) is 0 Å². The summed E-state index contributed by atoms with van der Waals surface area (Å²) >= 11 is -1.65. The first-order valence-electron chi connectivity index (χ1n) is 20.8. The SMILES string of the molecule is CC1CCCC1.CC1CCCC1.CCO[Si](C)(C)C1CCCC1.C[Si](C)(O)O[Si](C)(C)O.C[Si](C)(O)O[Si](C)(C)O[Si](C)(C)C1CCCC1.[CH3-].[CH3-].[CH3-].[CH3-].[Cl][Zr+2][Cl].[Cl][Zr+2][Cl]. The molecule has 4 aliphatic rings. The van der Waals surface area contributed by atoms with E-state index in [1.54, 1.807) is 26.2 Å².